The molecular weight excluding hydrogens is 383 g/mol. The second-order valence-corrected chi connectivity index (χ2v) is 7.67. The minimum atomic E-state index is -0.688. The van der Waals surface area contributed by atoms with E-state index in [1.54, 1.807) is 0 Å². The quantitative estimate of drug-likeness (QED) is 0.490. The summed E-state index contributed by atoms with van der Waals surface area (Å²) in [5.74, 6) is 0.812. The summed E-state index contributed by atoms with van der Waals surface area (Å²) in [7, 11) is 0. The molecule has 2 saturated heterocycles. The molecule has 2 fully saturated rings. The van der Waals surface area contributed by atoms with Gasteiger partial charge in [-0.25, -0.2) is 4.79 Å². The highest BCUT2D eigenvalue weighted by Crippen LogP contribution is 2.21. The van der Waals surface area contributed by atoms with Crippen molar-refractivity contribution in [1.82, 2.24) is 9.80 Å². The van der Waals surface area contributed by atoms with Crippen molar-refractivity contribution in [3.05, 3.63) is 0 Å². The van der Waals surface area contributed by atoms with Gasteiger partial charge >= 0.3 is 6.16 Å². The van der Waals surface area contributed by atoms with Gasteiger partial charge in [0.15, 0.2) is 0 Å². The van der Waals surface area contributed by atoms with Crippen LogP contribution in [0.1, 0.15) is 27.7 Å². The molecule has 0 saturated carbocycles. The van der Waals surface area contributed by atoms with Gasteiger partial charge in [0.25, 0.3) is 0 Å². The lowest BCUT2D eigenvalue weighted by atomic mass is 10.1. The number of morpholine rings is 2. The van der Waals surface area contributed by atoms with Crippen LogP contribution in [0.25, 0.3) is 0 Å². The second kappa shape index (κ2) is 10.3. The van der Waals surface area contributed by atoms with E-state index in [1.807, 2.05) is 27.7 Å². The topological polar surface area (TPSA) is 60.5 Å². The molecule has 2 heterocycles. The highest BCUT2D eigenvalue weighted by Gasteiger charge is 2.35. The Bertz CT molecular complexity index is 421. The first-order valence-electron chi connectivity index (χ1n) is 9.05. The Morgan fingerprint density at radius 3 is 1.62 bits per heavy atom. The monoisotopic (exact) mass is 412 g/mol. The van der Waals surface area contributed by atoms with E-state index in [9.17, 15) is 4.79 Å². The van der Waals surface area contributed by atoms with Gasteiger partial charge < -0.3 is 18.9 Å². The molecule has 0 aromatic heterocycles. The number of ether oxygens (including phenoxy) is 4. The average Bonchev–Trinajstić information content (AvgIpc) is 2.61. The molecule has 6 atom stereocenters. The van der Waals surface area contributed by atoms with Crippen LogP contribution >= 0.6 is 23.2 Å². The maximum atomic E-state index is 12.0. The van der Waals surface area contributed by atoms with Crippen molar-refractivity contribution in [2.45, 2.75) is 64.1 Å². The van der Waals surface area contributed by atoms with Crippen LogP contribution in [0.3, 0.4) is 0 Å². The molecule has 9 heteroatoms. The molecule has 2 aliphatic rings. The molecule has 0 aromatic carbocycles. The Balaban J connectivity index is 1.79. The first-order valence-corrected chi connectivity index (χ1v) is 10.1. The molecule has 0 radical (unpaired) electrons. The SMILES string of the molecule is C[C@@H]1COC(CCl)[C@H](C)N1COC(=O)OCN1[C@H](C)COC(CCl)[C@@H]1C. The molecule has 2 unspecified atom stereocenters. The Hall–Kier alpha value is -0.310. The zero-order valence-corrected chi connectivity index (χ0v) is 17.4. The zero-order chi connectivity index (χ0) is 19.3. The van der Waals surface area contributed by atoms with Crippen molar-refractivity contribution in [3.8, 4) is 0 Å². The number of alkyl halides is 2. The van der Waals surface area contributed by atoms with Crippen LogP contribution in [-0.4, -0.2) is 90.8 Å². The normalized spacial score (nSPS) is 36.7. The molecule has 0 amide bonds. The van der Waals surface area contributed by atoms with E-state index in [4.69, 9.17) is 42.1 Å². The Morgan fingerprint density at radius 1 is 0.885 bits per heavy atom. The number of hydrogen-bond donors (Lipinski definition) is 0. The average molecular weight is 413 g/mol. The summed E-state index contributed by atoms with van der Waals surface area (Å²) in [5.41, 5.74) is 0. The van der Waals surface area contributed by atoms with E-state index in [0.29, 0.717) is 25.0 Å². The van der Waals surface area contributed by atoms with E-state index in [2.05, 4.69) is 9.80 Å². The molecule has 0 aliphatic carbocycles. The summed E-state index contributed by atoms with van der Waals surface area (Å²) in [6.07, 6.45) is -0.836. The van der Waals surface area contributed by atoms with Crippen molar-refractivity contribution >= 4 is 29.4 Å². The maximum absolute atomic E-state index is 12.0. The molecule has 0 aromatic rings. The van der Waals surface area contributed by atoms with Crippen molar-refractivity contribution < 1.29 is 23.7 Å². The third kappa shape index (κ3) is 5.36. The highest BCUT2D eigenvalue weighted by atomic mass is 35.5. The van der Waals surface area contributed by atoms with E-state index in [-0.39, 0.29) is 49.8 Å². The van der Waals surface area contributed by atoms with Crippen molar-refractivity contribution in [2.24, 2.45) is 0 Å². The molecule has 0 N–H and O–H groups in total. The first-order chi connectivity index (χ1) is 12.4. The van der Waals surface area contributed by atoms with Gasteiger partial charge in [0, 0.05) is 24.2 Å². The van der Waals surface area contributed by atoms with Crippen LogP contribution < -0.4 is 0 Å². The zero-order valence-electron chi connectivity index (χ0n) is 15.9. The smallest absolute Gasteiger partial charge is 0.418 e. The molecular formula is C17H30Cl2N2O5. The molecule has 2 aliphatic heterocycles. The number of halogens is 2. The molecule has 26 heavy (non-hydrogen) atoms. The van der Waals surface area contributed by atoms with E-state index < -0.39 is 6.16 Å². The second-order valence-electron chi connectivity index (χ2n) is 7.06. The lowest BCUT2D eigenvalue weighted by Gasteiger charge is -2.43. The van der Waals surface area contributed by atoms with Gasteiger partial charge in [0.2, 0.25) is 0 Å². The predicted molar refractivity (Wildman–Crippen MR) is 99.7 cm³/mol. The van der Waals surface area contributed by atoms with Crippen LogP contribution in [0.15, 0.2) is 0 Å². The predicted octanol–water partition coefficient (Wildman–Crippen LogP) is 2.49. The van der Waals surface area contributed by atoms with E-state index in [0.717, 1.165) is 0 Å². The van der Waals surface area contributed by atoms with Gasteiger partial charge in [-0.05, 0) is 27.7 Å². The van der Waals surface area contributed by atoms with E-state index in [1.165, 1.54) is 0 Å². The van der Waals surface area contributed by atoms with Gasteiger partial charge in [-0.15, -0.1) is 23.2 Å². The number of rotatable bonds is 6. The Labute approximate surface area is 165 Å². The summed E-state index contributed by atoms with van der Waals surface area (Å²) >= 11 is 11.9. The van der Waals surface area contributed by atoms with Gasteiger partial charge in [0.05, 0.1) is 37.2 Å². The van der Waals surface area contributed by atoms with Gasteiger partial charge in [-0.1, -0.05) is 0 Å². The maximum Gasteiger partial charge on any atom is 0.510 e. The summed E-state index contributed by atoms with van der Waals surface area (Å²) < 4.78 is 22.0. The van der Waals surface area contributed by atoms with E-state index >= 15 is 0 Å². The van der Waals surface area contributed by atoms with Crippen LogP contribution in [-0.2, 0) is 18.9 Å². The summed E-state index contributed by atoms with van der Waals surface area (Å²) in [5, 5.41) is 0. The van der Waals surface area contributed by atoms with Crippen LogP contribution in [0.2, 0.25) is 0 Å². The van der Waals surface area contributed by atoms with Gasteiger partial charge in [-0.2, -0.15) is 0 Å². The number of carbonyl (C=O) groups is 1. The highest BCUT2D eigenvalue weighted by molar-refractivity contribution is 6.18. The summed E-state index contributed by atoms with van der Waals surface area (Å²) in [6, 6.07) is 0.405. The molecule has 152 valence electrons. The lowest BCUT2D eigenvalue weighted by molar-refractivity contribution is -0.132. The van der Waals surface area contributed by atoms with Crippen LogP contribution in [0, 0.1) is 0 Å². The fourth-order valence-electron chi connectivity index (χ4n) is 3.36. The van der Waals surface area contributed by atoms with Gasteiger partial charge in [0.1, 0.15) is 13.5 Å². The largest absolute Gasteiger partial charge is 0.510 e. The summed E-state index contributed by atoms with van der Waals surface area (Å²) in [4.78, 5) is 16.2. The third-order valence-corrected chi connectivity index (χ3v) is 5.93. The minimum Gasteiger partial charge on any atom is -0.418 e. The first kappa shape index (κ1) is 22.0. The molecule has 0 bridgehead atoms. The fourth-order valence-corrected chi connectivity index (χ4v) is 4.05. The van der Waals surface area contributed by atoms with Crippen molar-refractivity contribution in [1.29, 1.82) is 0 Å². The molecule has 7 nitrogen and oxygen atoms in total. The minimum absolute atomic E-state index is 0.0628. The van der Waals surface area contributed by atoms with Crippen molar-refractivity contribution in [2.75, 3.05) is 38.4 Å². The fraction of sp³-hybridized carbons (Fsp3) is 0.941. The summed E-state index contributed by atoms with van der Waals surface area (Å²) in [6.45, 7) is 9.50. The number of hydrogen-bond acceptors (Lipinski definition) is 7. The number of carbonyl (C=O) groups excluding carboxylic acids is 1. The van der Waals surface area contributed by atoms with Gasteiger partial charge in [-0.3, -0.25) is 9.80 Å². The number of nitrogens with zero attached hydrogens (tertiary/aromatic N) is 2. The van der Waals surface area contributed by atoms with Crippen LogP contribution in [0.5, 0.6) is 0 Å². The third-order valence-electron chi connectivity index (χ3n) is 5.32. The van der Waals surface area contributed by atoms with Crippen molar-refractivity contribution in [3.63, 3.8) is 0 Å². The van der Waals surface area contributed by atoms with Crippen LogP contribution in [0.4, 0.5) is 4.79 Å². The molecule has 2 rings (SSSR count). The Kier molecular flexibility index (Phi) is 8.70. The Morgan fingerprint density at radius 2 is 1.27 bits per heavy atom. The standard InChI is InChI=1S/C17H30Cl2N2O5/c1-11-7-23-15(5-18)13(3)20(11)9-25-17(22)26-10-21-12(2)8-24-16(6-19)14(21)4/h11-16H,5-10H2,1-4H3/t11-,12-,13+,14+,15?,16?/m1/s1. The lowest BCUT2D eigenvalue weighted by Crippen LogP contribution is -2.56. The molecule has 0 spiro atoms.